The fraction of sp³-hybridized carbons (Fsp3) is 0.533. The van der Waals surface area contributed by atoms with Crippen LogP contribution in [0.1, 0.15) is 32.4 Å². The minimum atomic E-state index is -1.19. The summed E-state index contributed by atoms with van der Waals surface area (Å²) in [5.41, 5.74) is -1.80. The third-order valence-corrected chi connectivity index (χ3v) is 5.10. The number of rotatable bonds is 3. The predicted octanol–water partition coefficient (Wildman–Crippen LogP) is 1.47. The minimum Gasteiger partial charge on any atom is -0.467 e. The Kier molecular flexibility index (Phi) is 2.64. The van der Waals surface area contributed by atoms with Crippen molar-refractivity contribution in [1.82, 2.24) is 5.32 Å². The average molecular weight is 275 g/mol. The summed E-state index contributed by atoms with van der Waals surface area (Å²) in [4.78, 5) is 36.8. The first kappa shape index (κ1) is 13.1. The highest BCUT2D eigenvalue weighted by Crippen LogP contribution is 2.62. The monoisotopic (exact) mass is 275 g/mol. The highest BCUT2D eigenvalue weighted by molar-refractivity contribution is 6.47. The number of hydrogen-bond acceptors (Lipinski definition) is 4. The van der Waals surface area contributed by atoms with Gasteiger partial charge in [0.25, 0.3) is 0 Å². The van der Waals surface area contributed by atoms with Crippen LogP contribution in [0, 0.1) is 16.7 Å². The van der Waals surface area contributed by atoms with E-state index in [-0.39, 0.29) is 24.2 Å². The third kappa shape index (κ3) is 1.40. The van der Waals surface area contributed by atoms with Gasteiger partial charge in [-0.2, -0.15) is 0 Å². The van der Waals surface area contributed by atoms with Gasteiger partial charge in [0, 0.05) is 5.92 Å². The van der Waals surface area contributed by atoms with Crippen LogP contribution >= 0.6 is 0 Å². The SMILES string of the molecule is CC1(C)C2CCC1(C(=O)NCc1ccco1)C(=O)C2=O. The maximum absolute atomic E-state index is 12.6. The van der Waals surface area contributed by atoms with Gasteiger partial charge in [0.1, 0.15) is 11.2 Å². The van der Waals surface area contributed by atoms with E-state index in [1.54, 1.807) is 12.1 Å². The van der Waals surface area contributed by atoms with Gasteiger partial charge in [0.05, 0.1) is 12.8 Å². The Morgan fingerprint density at radius 2 is 2.20 bits per heavy atom. The average Bonchev–Trinajstić information content (AvgIpc) is 3.03. The summed E-state index contributed by atoms with van der Waals surface area (Å²) in [6, 6.07) is 3.49. The smallest absolute Gasteiger partial charge is 0.235 e. The van der Waals surface area contributed by atoms with Gasteiger partial charge >= 0.3 is 0 Å². The summed E-state index contributed by atoms with van der Waals surface area (Å²) >= 11 is 0. The molecule has 2 bridgehead atoms. The summed E-state index contributed by atoms with van der Waals surface area (Å²) < 4.78 is 5.16. The number of ketones is 2. The van der Waals surface area contributed by atoms with Crippen molar-refractivity contribution >= 4 is 17.5 Å². The van der Waals surface area contributed by atoms with Crippen LogP contribution in [0.4, 0.5) is 0 Å². The molecule has 20 heavy (non-hydrogen) atoms. The normalized spacial score (nSPS) is 30.8. The zero-order valence-electron chi connectivity index (χ0n) is 11.6. The van der Waals surface area contributed by atoms with Gasteiger partial charge in [-0.25, -0.2) is 0 Å². The van der Waals surface area contributed by atoms with Crippen LogP contribution in [0.25, 0.3) is 0 Å². The van der Waals surface area contributed by atoms with Crippen LogP contribution in [-0.4, -0.2) is 17.5 Å². The van der Waals surface area contributed by atoms with Crippen molar-refractivity contribution in [2.45, 2.75) is 33.2 Å². The Morgan fingerprint density at radius 3 is 2.75 bits per heavy atom. The molecule has 1 heterocycles. The van der Waals surface area contributed by atoms with E-state index >= 15 is 0 Å². The van der Waals surface area contributed by atoms with Crippen molar-refractivity contribution in [3.63, 3.8) is 0 Å². The van der Waals surface area contributed by atoms with E-state index in [1.807, 2.05) is 13.8 Å². The number of amides is 1. The largest absolute Gasteiger partial charge is 0.467 e. The van der Waals surface area contributed by atoms with Crippen LogP contribution < -0.4 is 5.32 Å². The standard InChI is InChI=1S/C15H17NO4/c1-14(2)10-5-6-15(14,12(18)11(10)17)13(19)16-8-9-4-3-7-20-9/h3-4,7,10H,5-6,8H2,1-2H3,(H,16,19). The molecule has 5 nitrogen and oxygen atoms in total. The Hall–Kier alpha value is -1.91. The Morgan fingerprint density at radius 1 is 1.45 bits per heavy atom. The van der Waals surface area contributed by atoms with E-state index in [0.717, 1.165) is 0 Å². The number of nitrogens with one attached hydrogen (secondary N) is 1. The molecule has 106 valence electrons. The summed E-state index contributed by atoms with van der Waals surface area (Å²) in [5, 5.41) is 2.75. The second-order valence-corrected chi connectivity index (χ2v) is 6.17. The van der Waals surface area contributed by atoms with Crippen molar-refractivity contribution in [3.05, 3.63) is 24.2 Å². The zero-order valence-corrected chi connectivity index (χ0v) is 11.6. The fourth-order valence-electron chi connectivity index (χ4n) is 3.82. The Labute approximate surface area is 116 Å². The Balaban J connectivity index is 1.86. The molecule has 2 aliphatic rings. The van der Waals surface area contributed by atoms with Gasteiger partial charge in [0.15, 0.2) is 0 Å². The van der Waals surface area contributed by atoms with Crippen LogP contribution in [0.5, 0.6) is 0 Å². The number of fused-ring (bicyclic) bond motifs is 2. The number of furan rings is 1. The molecule has 0 radical (unpaired) electrons. The summed E-state index contributed by atoms with van der Waals surface area (Å²) in [5.74, 6) is -0.939. The molecule has 1 amide bonds. The fourth-order valence-corrected chi connectivity index (χ4v) is 3.82. The molecule has 5 heteroatoms. The number of Topliss-reactive ketones (excluding diaryl/α,β-unsaturated/α-hetero) is 2. The number of hydrogen-bond donors (Lipinski definition) is 1. The van der Waals surface area contributed by atoms with E-state index in [2.05, 4.69) is 5.32 Å². The lowest BCUT2D eigenvalue weighted by atomic mass is 9.68. The molecular weight excluding hydrogens is 258 g/mol. The van der Waals surface area contributed by atoms with Crippen LogP contribution in [0.3, 0.4) is 0 Å². The molecule has 1 aromatic rings. The summed E-state index contributed by atoms with van der Waals surface area (Å²) in [7, 11) is 0. The molecule has 0 aliphatic heterocycles. The van der Waals surface area contributed by atoms with Crippen molar-refractivity contribution in [3.8, 4) is 0 Å². The van der Waals surface area contributed by atoms with Crippen LogP contribution in [0.15, 0.2) is 22.8 Å². The lowest BCUT2D eigenvalue weighted by molar-refractivity contribution is -0.149. The molecule has 2 atom stereocenters. The summed E-state index contributed by atoms with van der Waals surface area (Å²) in [6.45, 7) is 3.93. The second-order valence-electron chi connectivity index (χ2n) is 6.17. The highest BCUT2D eigenvalue weighted by Gasteiger charge is 2.72. The second kappa shape index (κ2) is 4.04. The third-order valence-electron chi connectivity index (χ3n) is 5.10. The molecule has 2 fully saturated rings. The molecule has 0 aromatic carbocycles. The molecule has 1 N–H and O–H groups in total. The topological polar surface area (TPSA) is 76.4 Å². The van der Waals surface area contributed by atoms with E-state index < -0.39 is 16.6 Å². The van der Waals surface area contributed by atoms with Crippen molar-refractivity contribution < 1.29 is 18.8 Å². The van der Waals surface area contributed by atoms with Gasteiger partial charge in [0.2, 0.25) is 17.5 Å². The lowest BCUT2D eigenvalue weighted by Gasteiger charge is -2.33. The van der Waals surface area contributed by atoms with E-state index in [0.29, 0.717) is 18.6 Å². The first-order valence-electron chi connectivity index (χ1n) is 6.80. The van der Waals surface area contributed by atoms with E-state index in [1.165, 1.54) is 6.26 Å². The highest BCUT2D eigenvalue weighted by atomic mass is 16.3. The molecule has 1 aromatic heterocycles. The first-order chi connectivity index (χ1) is 9.41. The zero-order chi connectivity index (χ0) is 14.5. The number of carbonyl (C=O) groups excluding carboxylic acids is 3. The van der Waals surface area contributed by atoms with E-state index in [4.69, 9.17) is 4.42 Å². The van der Waals surface area contributed by atoms with Crippen LogP contribution in [-0.2, 0) is 20.9 Å². The molecule has 0 spiro atoms. The quantitative estimate of drug-likeness (QED) is 0.669. The van der Waals surface area contributed by atoms with Crippen molar-refractivity contribution in [1.29, 1.82) is 0 Å². The van der Waals surface area contributed by atoms with Crippen molar-refractivity contribution in [2.24, 2.45) is 16.7 Å². The molecule has 2 aliphatic carbocycles. The number of carbonyl (C=O) groups is 3. The molecule has 2 unspecified atom stereocenters. The molecule has 2 saturated carbocycles. The van der Waals surface area contributed by atoms with Gasteiger partial charge < -0.3 is 9.73 Å². The summed E-state index contributed by atoms with van der Waals surface area (Å²) in [6.07, 6.45) is 2.60. The van der Waals surface area contributed by atoms with Gasteiger partial charge in [-0.3, -0.25) is 14.4 Å². The lowest BCUT2D eigenvalue weighted by Crippen LogP contribution is -2.50. The maximum Gasteiger partial charge on any atom is 0.235 e. The van der Waals surface area contributed by atoms with Gasteiger partial charge in [-0.15, -0.1) is 0 Å². The molecular formula is C15H17NO4. The first-order valence-corrected chi connectivity index (χ1v) is 6.80. The van der Waals surface area contributed by atoms with Gasteiger partial charge in [-0.05, 0) is 30.4 Å². The van der Waals surface area contributed by atoms with E-state index in [9.17, 15) is 14.4 Å². The molecule has 0 saturated heterocycles. The van der Waals surface area contributed by atoms with Gasteiger partial charge in [-0.1, -0.05) is 13.8 Å². The Bertz CT molecular complexity index is 587. The molecule has 3 rings (SSSR count). The minimum absolute atomic E-state index is 0.232. The maximum atomic E-state index is 12.6. The van der Waals surface area contributed by atoms with Crippen molar-refractivity contribution in [2.75, 3.05) is 0 Å². The predicted molar refractivity (Wildman–Crippen MR) is 69.5 cm³/mol. The van der Waals surface area contributed by atoms with Crippen LogP contribution in [0.2, 0.25) is 0 Å².